The molecule has 214 valence electrons. The van der Waals surface area contributed by atoms with Crippen LogP contribution in [0.5, 0.6) is 0 Å². The molecule has 0 N–H and O–H groups in total. The summed E-state index contributed by atoms with van der Waals surface area (Å²) in [6.07, 6.45) is 0. The maximum Gasteiger partial charge on any atom is 0.164 e. The fraction of sp³-hybridized carbons (Fsp3) is 0.0750. The second-order valence-electron chi connectivity index (χ2n) is 12.2. The van der Waals surface area contributed by atoms with Crippen molar-refractivity contribution in [3.05, 3.63) is 138 Å². The van der Waals surface area contributed by atoms with Crippen molar-refractivity contribution in [1.82, 2.24) is 15.0 Å². The summed E-state index contributed by atoms with van der Waals surface area (Å²) in [5.41, 5.74) is 8.98. The molecule has 0 saturated heterocycles. The topological polar surface area (TPSA) is 51.8 Å². The number of furan rings is 1. The molecule has 0 radical (unpaired) electrons. The third-order valence-corrected chi connectivity index (χ3v) is 9.21. The molecule has 4 nitrogen and oxygen atoms in total. The maximum absolute atomic E-state index is 13.9. The van der Waals surface area contributed by atoms with Gasteiger partial charge in [0.25, 0.3) is 0 Å². The molecule has 9 rings (SSSR count). The molecule has 2 heterocycles. The molecular formula is C40H26FN3O. The summed E-state index contributed by atoms with van der Waals surface area (Å²) in [7, 11) is 0. The number of halogens is 1. The molecule has 0 saturated carbocycles. The van der Waals surface area contributed by atoms with Crippen molar-refractivity contribution in [2.75, 3.05) is 0 Å². The van der Waals surface area contributed by atoms with Crippen molar-refractivity contribution in [1.29, 1.82) is 0 Å². The van der Waals surface area contributed by atoms with Gasteiger partial charge in [0.2, 0.25) is 0 Å². The van der Waals surface area contributed by atoms with Gasteiger partial charge in [-0.3, -0.25) is 0 Å². The number of rotatable bonds is 3. The third kappa shape index (κ3) is 3.87. The lowest BCUT2D eigenvalue weighted by atomic mass is 9.81. The van der Waals surface area contributed by atoms with Crippen molar-refractivity contribution in [2.45, 2.75) is 19.3 Å². The van der Waals surface area contributed by atoms with Gasteiger partial charge in [0, 0.05) is 32.9 Å². The van der Waals surface area contributed by atoms with Crippen molar-refractivity contribution >= 4 is 32.7 Å². The smallest absolute Gasteiger partial charge is 0.164 e. The number of hydrogen-bond acceptors (Lipinski definition) is 4. The standard InChI is InChI=1S/C40H26FN3O/c1-40(2)31-20-21-34-36(30-11-5-6-13-33(30)45-34)35(31)29-19-16-25(22-32(29)40)38-42-37(24-14-17-26(41)18-15-24)43-39(44-38)28-12-7-9-23-8-3-4-10-27(23)28/h3-22H,1-2H3. The number of fused-ring (bicyclic) bond motifs is 8. The van der Waals surface area contributed by atoms with Gasteiger partial charge in [0.05, 0.1) is 0 Å². The first-order chi connectivity index (χ1) is 22.0. The predicted octanol–water partition coefficient (Wildman–Crippen LogP) is 10.4. The first kappa shape index (κ1) is 25.8. The Kier molecular flexibility index (Phi) is 5.39. The van der Waals surface area contributed by atoms with Gasteiger partial charge in [-0.05, 0) is 75.5 Å². The number of nitrogens with zero attached hydrogens (tertiary/aromatic N) is 3. The Morgan fingerprint density at radius 3 is 2.09 bits per heavy atom. The van der Waals surface area contributed by atoms with Gasteiger partial charge in [0.1, 0.15) is 17.0 Å². The van der Waals surface area contributed by atoms with Gasteiger partial charge in [-0.15, -0.1) is 0 Å². The summed E-state index contributed by atoms with van der Waals surface area (Å²) in [5, 5.41) is 4.44. The number of benzene rings is 6. The molecule has 2 aromatic heterocycles. The van der Waals surface area contributed by atoms with Crippen LogP contribution in [0, 0.1) is 5.82 Å². The van der Waals surface area contributed by atoms with Gasteiger partial charge >= 0.3 is 0 Å². The Balaban J connectivity index is 1.27. The van der Waals surface area contributed by atoms with Gasteiger partial charge in [0.15, 0.2) is 17.5 Å². The summed E-state index contributed by atoms with van der Waals surface area (Å²) in [6.45, 7) is 4.54. The van der Waals surface area contributed by atoms with Crippen LogP contribution >= 0.6 is 0 Å². The lowest BCUT2D eigenvalue weighted by Gasteiger charge is -2.22. The molecular weight excluding hydrogens is 557 g/mol. The van der Waals surface area contributed by atoms with E-state index in [2.05, 4.69) is 74.5 Å². The summed E-state index contributed by atoms with van der Waals surface area (Å²) < 4.78 is 20.1. The fourth-order valence-electron chi connectivity index (χ4n) is 6.95. The zero-order valence-electron chi connectivity index (χ0n) is 24.7. The Bertz CT molecular complexity index is 2470. The molecule has 1 aliphatic rings. The number of para-hydroxylation sites is 1. The second-order valence-corrected chi connectivity index (χ2v) is 12.2. The minimum absolute atomic E-state index is 0.251. The van der Waals surface area contributed by atoms with E-state index in [4.69, 9.17) is 19.4 Å². The van der Waals surface area contributed by atoms with Crippen LogP contribution in [0.3, 0.4) is 0 Å². The van der Waals surface area contributed by atoms with E-state index in [0.717, 1.165) is 49.4 Å². The van der Waals surface area contributed by atoms with E-state index < -0.39 is 0 Å². The minimum Gasteiger partial charge on any atom is -0.456 e. The first-order valence-corrected chi connectivity index (χ1v) is 15.1. The second kappa shape index (κ2) is 9.41. The van der Waals surface area contributed by atoms with Crippen LogP contribution in [0.25, 0.3) is 78.0 Å². The number of aromatic nitrogens is 3. The first-order valence-electron chi connectivity index (χ1n) is 15.1. The monoisotopic (exact) mass is 583 g/mol. The van der Waals surface area contributed by atoms with Crippen LogP contribution < -0.4 is 0 Å². The molecule has 0 unspecified atom stereocenters. The molecule has 5 heteroatoms. The molecule has 1 aliphatic carbocycles. The molecule has 0 atom stereocenters. The maximum atomic E-state index is 13.9. The Morgan fingerprint density at radius 1 is 0.556 bits per heavy atom. The zero-order chi connectivity index (χ0) is 30.3. The highest BCUT2D eigenvalue weighted by Crippen LogP contribution is 2.53. The Morgan fingerprint density at radius 2 is 1.24 bits per heavy atom. The third-order valence-electron chi connectivity index (χ3n) is 9.21. The molecule has 0 fully saturated rings. The van der Waals surface area contributed by atoms with E-state index in [-0.39, 0.29) is 11.2 Å². The van der Waals surface area contributed by atoms with E-state index in [0.29, 0.717) is 17.5 Å². The average Bonchev–Trinajstić information content (AvgIpc) is 3.56. The van der Waals surface area contributed by atoms with Crippen LogP contribution in [-0.2, 0) is 5.41 Å². The summed E-state index contributed by atoms with van der Waals surface area (Å²) in [5.74, 6) is 1.34. The molecule has 8 aromatic rings. The molecule has 0 amide bonds. The largest absolute Gasteiger partial charge is 0.456 e. The summed E-state index contributed by atoms with van der Waals surface area (Å²) in [4.78, 5) is 14.9. The summed E-state index contributed by atoms with van der Waals surface area (Å²) >= 11 is 0. The van der Waals surface area contributed by atoms with Gasteiger partial charge in [-0.25, -0.2) is 19.3 Å². The molecule has 6 aromatic carbocycles. The van der Waals surface area contributed by atoms with E-state index in [9.17, 15) is 4.39 Å². The average molecular weight is 584 g/mol. The van der Waals surface area contributed by atoms with Crippen LogP contribution in [0.2, 0.25) is 0 Å². The SMILES string of the molecule is CC1(C)c2cc(-c3nc(-c4ccc(F)cc4)nc(-c4cccc5ccccc45)n3)ccc2-c2c1ccc1oc3ccccc3c21. The van der Waals surface area contributed by atoms with Crippen molar-refractivity contribution < 1.29 is 8.81 Å². The Hall–Kier alpha value is -5.68. The molecule has 0 spiro atoms. The van der Waals surface area contributed by atoms with Crippen molar-refractivity contribution in [3.8, 4) is 45.3 Å². The normalized spacial score (nSPS) is 13.4. The summed E-state index contributed by atoms with van der Waals surface area (Å²) in [6, 6.07) is 39.7. The quantitative estimate of drug-likeness (QED) is 0.208. The van der Waals surface area contributed by atoms with Crippen molar-refractivity contribution in [2.24, 2.45) is 0 Å². The van der Waals surface area contributed by atoms with Gasteiger partial charge in [-0.2, -0.15) is 0 Å². The van der Waals surface area contributed by atoms with Gasteiger partial charge < -0.3 is 4.42 Å². The molecule has 0 aliphatic heterocycles. The molecule has 45 heavy (non-hydrogen) atoms. The van der Waals surface area contributed by atoms with Crippen LogP contribution in [0.4, 0.5) is 4.39 Å². The number of hydrogen-bond donors (Lipinski definition) is 0. The van der Waals surface area contributed by atoms with E-state index in [1.807, 2.05) is 36.4 Å². The lowest BCUT2D eigenvalue weighted by molar-refractivity contribution is 0.628. The minimum atomic E-state index is -0.303. The Labute approximate surface area is 258 Å². The van der Waals surface area contributed by atoms with Crippen LogP contribution in [0.1, 0.15) is 25.0 Å². The predicted molar refractivity (Wildman–Crippen MR) is 178 cm³/mol. The highest BCUT2D eigenvalue weighted by Gasteiger charge is 2.37. The van der Waals surface area contributed by atoms with Crippen LogP contribution in [-0.4, -0.2) is 15.0 Å². The highest BCUT2D eigenvalue weighted by molar-refractivity contribution is 6.15. The van der Waals surface area contributed by atoms with E-state index in [1.165, 1.54) is 34.4 Å². The van der Waals surface area contributed by atoms with Gasteiger partial charge in [-0.1, -0.05) is 92.7 Å². The highest BCUT2D eigenvalue weighted by atomic mass is 19.1. The van der Waals surface area contributed by atoms with Crippen LogP contribution in [0.15, 0.2) is 126 Å². The van der Waals surface area contributed by atoms with Crippen molar-refractivity contribution in [3.63, 3.8) is 0 Å². The molecule has 0 bridgehead atoms. The van der Waals surface area contributed by atoms with E-state index in [1.54, 1.807) is 12.1 Å². The lowest BCUT2D eigenvalue weighted by Crippen LogP contribution is -2.15. The zero-order valence-corrected chi connectivity index (χ0v) is 24.7. The van der Waals surface area contributed by atoms with E-state index >= 15 is 0 Å². The fourth-order valence-corrected chi connectivity index (χ4v) is 6.95.